The molecular formula is C15H19FN2. The van der Waals surface area contributed by atoms with Crippen LogP contribution in [0.2, 0.25) is 0 Å². The average molecular weight is 246 g/mol. The van der Waals surface area contributed by atoms with Crippen molar-refractivity contribution in [3.8, 4) is 6.07 Å². The molecule has 0 N–H and O–H groups in total. The second kappa shape index (κ2) is 5.49. The molecule has 18 heavy (non-hydrogen) atoms. The molecule has 1 fully saturated rings. The molecule has 96 valence electrons. The average Bonchev–Trinajstić information content (AvgIpc) is 2.37. The van der Waals surface area contributed by atoms with Crippen molar-refractivity contribution in [1.29, 1.82) is 5.26 Å². The molecule has 0 bridgehead atoms. The van der Waals surface area contributed by atoms with Crippen molar-refractivity contribution in [2.24, 2.45) is 5.92 Å². The van der Waals surface area contributed by atoms with Crippen molar-refractivity contribution in [1.82, 2.24) is 4.90 Å². The molecule has 1 aromatic rings. The summed E-state index contributed by atoms with van der Waals surface area (Å²) in [5.41, 5.74) is 1.52. The van der Waals surface area contributed by atoms with E-state index in [0.29, 0.717) is 5.56 Å². The van der Waals surface area contributed by atoms with E-state index in [4.69, 9.17) is 0 Å². The minimum absolute atomic E-state index is 0.206. The summed E-state index contributed by atoms with van der Waals surface area (Å²) in [6.07, 6.45) is 2.27. The minimum Gasteiger partial charge on any atom is -0.284 e. The predicted octanol–water partition coefficient (Wildman–Crippen LogP) is 3.43. The minimum atomic E-state index is -0.239. The van der Waals surface area contributed by atoms with Gasteiger partial charge < -0.3 is 0 Å². The van der Waals surface area contributed by atoms with Gasteiger partial charge in [-0.1, -0.05) is 19.1 Å². The molecule has 1 saturated heterocycles. The first-order valence-electron chi connectivity index (χ1n) is 6.51. The first-order chi connectivity index (χ1) is 8.61. The van der Waals surface area contributed by atoms with E-state index in [1.54, 1.807) is 19.1 Å². The predicted molar refractivity (Wildman–Crippen MR) is 69.5 cm³/mol. The van der Waals surface area contributed by atoms with Gasteiger partial charge in [-0.25, -0.2) is 4.39 Å². The van der Waals surface area contributed by atoms with Gasteiger partial charge in [0.05, 0.1) is 6.07 Å². The highest BCUT2D eigenvalue weighted by Gasteiger charge is 2.24. The summed E-state index contributed by atoms with van der Waals surface area (Å²) in [7, 11) is 0. The lowest BCUT2D eigenvalue weighted by molar-refractivity contribution is 0.165. The van der Waals surface area contributed by atoms with E-state index in [2.05, 4.69) is 17.9 Å². The largest absolute Gasteiger partial charge is 0.284 e. The molecule has 1 atom stereocenters. The zero-order valence-electron chi connectivity index (χ0n) is 11.0. The highest BCUT2D eigenvalue weighted by Crippen LogP contribution is 2.27. The quantitative estimate of drug-likeness (QED) is 0.799. The molecule has 0 amide bonds. The molecule has 1 aliphatic heterocycles. The fourth-order valence-corrected chi connectivity index (χ4v) is 2.49. The topological polar surface area (TPSA) is 27.0 Å². The number of nitrogens with zero attached hydrogens (tertiary/aromatic N) is 2. The van der Waals surface area contributed by atoms with Crippen LogP contribution in [0.1, 0.15) is 36.9 Å². The third-order valence-corrected chi connectivity index (χ3v) is 3.80. The van der Waals surface area contributed by atoms with Crippen molar-refractivity contribution >= 4 is 0 Å². The van der Waals surface area contributed by atoms with Crippen LogP contribution in [0, 0.1) is 30.0 Å². The first kappa shape index (κ1) is 13.0. The van der Waals surface area contributed by atoms with Crippen LogP contribution in [0.4, 0.5) is 4.39 Å². The summed E-state index contributed by atoms with van der Waals surface area (Å²) in [6.45, 7) is 5.90. The van der Waals surface area contributed by atoms with Crippen molar-refractivity contribution in [2.45, 2.75) is 32.7 Å². The molecule has 0 saturated carbocycles. The Labute approximate surface area is 108 Å². The Kier molecular flexibility index (Phi) is 3.98. The molecule has 1 aromatic carbocycles. The summed E-state index contributed by atoms with van der Waals surface area (Å²) in [6, 6.07) is 7.10. The van der Waals surface area contributed by atoms with Crippen LogP contribution in [-0.2, 0) is 0 Å². The van der Waals surface area contributed by atoms with Crippen LogP contribution >= 0.6 is 0 Å². The lowest BCUT2D eigenvalue weighted by Crippen LogP contribution is -2.35. The number of aryl methyl sites for hydroxylation is 1. The molecule has 0 radical (unpaired) electrons. The van der Waals surface area contributed by atoms with Gasteiger partial charge in [0.15, 0.2) is 0 Å². The third-order valence-electron chi connectivity index (χ3n) is 3.80. The fraction of sp³-hybridized carbons (Fsp3) is 0.533. The van der Waals surface area contributed by atoms with E-state index in [-0.39, 0.29) is 11.9 Å². The summed E-state index contributed by atoms with van der Waals surface area (Å²) >= 11 is 0. The summed E-state index contributed by atoms with van der Waals surface area (Å²) in [5.74, 6) is 0.540. The van der Waals surface area contributed by atoms with Gasteiger partial charge in [-0.2, -0.15) is 5.26 Å². The van der Waals surface area contributed by atoms with Crippen molar-refractivity contribution in [3.63, 3.8) is 0 Å². The van der Waals surface area contributed by atoms with Crippen LogP contribution in [0.25, 0.3) is 0 Å². The maximum absolute atomic E-state index is 13.3. The maximum atomic E-state index is 13.3. The molecule has 2 nitrogen and oxygen atoms in total. The van der Waals surface area contributed by atoms with Crippen LogP contribution in [0.5, 0.6) is 0 Å². The smallest absolute Gasteiger partial charge is 0.126 e. The lowest BCUT2D eigenvalue weighted by Gasteiger charge is -2.33. The zero-order valence-corrected chi connectivity index (χ0v) is 11.0. The molecule has 0 aromatic heterocycles. The SMILES string of the molecule is Cc1cc(C(C#N)N2CCC(C)CC2)ccc1F. The summed E-state index contributed by atoms with van der Waals surface area (Å²) < 4.78 is 13.3. The highest BCUT2D eigenvalue weighted by molar-refractivity contribution is 5.29. The molecule has 0 spiro atoms. The molecule has 1 heterocycles. The van der Waals surface area contributed by atoms with E-state index >= 15 is 0 Å². The van der Waals surface area contributed by atoms with Gasteiger partial charge in [-0.05, 0) is 56.0 Å². The first-order valence-corrected chi connectivity index (χ1v) is 6.51. The van der Waals surface area contributed by atoms with E-state index in [1.807, 2.05) is 0 Å². The summed E-state index contributed by atoms with van der Waals surface area (Å²) in [4.78, 5) is 2.20. The van der Waals surface area contributed by atoms with E-state index in [0.717, 1.165) is 37.4 Å². The van der Waals surface area contributed by atoms with E-state index < -0.39 is 0 Å². The van der Waals surface area contributed by atoms with Gasteiger partial charge in [0.1, 0.15) is 11.9 Å². The van der Waals surface area contributed by atoms with Gasteiger partial charge in [-0.15, -0.1) is 0 Å². The second-order valence-electron chi connectivity index (χ2n) is 5.26. The molecule has 2 rings (SSSR count). The molecular weight excluding hydrogens is 227 g/mol. The third kappa shape index (κ3) is 2.70. The number of piperidine rings is 1. The van der Waals surface area contributed by atoms with Gasteiger partial charge in [0, 0.05) is 0 Å². The number of halogens is 1. The molecule has 3 heteroatoms. The number of likely N-dealkylation sites (tertiary alicyclic amines) is 1. The second-order valence-corrected chi connectivity index (χ2v) is 5.26. The number of hydrogen-bond donors (Lipinski definition) is 0. The van der Waals surface area contributed by atoms with E-state index in [1.165, 1.54) is 6.07 Å². The fourth-order valence-electron chi connectivity index (χ4n) is 2.49. The standard InChI is InChI=1S/C15H19FN2/c1-11-5-7-18(8-6-11)15(10-17)13-3-4-14(16)12(2)9-13/h3-4,9,11,15H,5-8H2,1-2H3. The Morgan fingerprint density at radius 3 is 2.61 bits per heavy atom. The highest BCUT2D eigenvalue weighted by atomic mass is 19.1. The van der Waals surface area contributed by atoms with Crippen molar-refractivity contribution in [3.05, 3.63) is 35.1 Å². The maximum Gasteiger partial charge on any atom is 0.126 e. The summed E-state index contributed by atoms with van der Waals surface area (Å²) in [5, 5.41) is 9.37. The Morgan fingerprint density at radius 2 is 2.06 bits per heavy atom. The van der Waals surface area contributed by atoms with Crippen LogP contribution < -0.4 is 0 Å². The van der Waals surface area contributed by atoms with Crippen LogP contribution in [0.3, 0.4) is 0 Å². The number of benzene rings is 1. The molecule has 1 unspecified atom stereocenters. The van der Waals surface area contributed by atoms with Crippen LogP contribution in [0.15, 0.2) is 18.2 Å². The van der Waals surface area contributed by atoms with Gasteiger partial charge in [0.2, 0.25) is 0 Å². The Morgan fingerprint density at radius 1 is 1.39 bits per heavy atom. The number of nitriles is 1. The zero-order chi connectivity index (χ0) is 13.1. The monoisotopic (exact) mass is 246 g/mol. The van der Waals surface area contributed by atoms with Gasteiger partial charge in [-0.3, -0.25) is 4.90 Å². The molecule has 0 aliphatic carbocycles. The Bertz CT molecular complexity index is 456. The van der Waals surface area contributed by atoms with Crippen molar-refractivity contribution < 1.29 is 4.39 Å². The van der Waals surface area contributed by atoms with Gasteiger partial charge in [0.25, 0.3) is 0 Å². The Balaban J connectivity index is 2.18. The van der Waals surface area contributed by atoms with E-state index in [9.17, 15) is 9.65 Å². The normalized spacial score (nSPS) is 19.4. The van der Waals surface area contributed by atoms with Crippen molar-refractivity contribution in [2.75, 3.05) is 13.1 Å². The number of rotatable bonds is 2. The Hall–Kier alpha value is -1.40. The van der Waals surface area contributed by atoms with Crippen LogP contribution in [-0.4, -0.2) is 18.0 Å². The van der Waals surface area contributed by atoms with Gasteiger partial charge >= 0.3 is 0 Å². The number of hydrogen-bond acceptors (Lipinski definition) is 2. The lowest BCUT2D eigenvalue weighted by atomic mass is 9.96. The molecule has 1 aliphatic rings.